The largest absolute Gasteiger partial charge is 0.436 e. The van der Waals surface area contributed by atoms with E-state index in [1.165, 1.54) is 22.5 Å². The quantitative estimate of drug-likeness (QED) is 0.788. The number of rotatable bonds is 4. The highest BCUT2D eigenvalue weighted by atomic mass is 32.1. The van der Waals surface area contributed by atoms with Crippen molar-refractivity contribution in [3.05, 3.63) is 51.5 Å². The molecule has 150 valence electrons. The van der Waals surface area contributed by atoms with E-state index in [9.17, 15) is 9.59 Å². The molecule has 1 N–H and O–H groups in total. The maximum atomic E-state index is 12.6. The van der Waals surface area contributed by atoms with Crippen molar-refractivity contribution in [3.63, 3.8) is 0 Å². The first kappa shape index (κ1) is 19.5. The van der Waals surface area contributed by atoms with Gasteiger partial charge in [-0.05, 0) is 36.8 Å². The van der Waals surface area contributed by atoms with Crippen LogP contribution in [0.1, 0.15) is 45.4 Å². The third-order valence-corrected chi connectivity index (χ3v) is 6.53. The molecule has 1 saturated heterocycles. The third-order valence-electron chi connectivity index (χ3n) is 5.52. The molecule has 29 heavy (non-hydrogen) atoms. The number of fused-ring (bicyclic) bond motifs is 1. The van der Waals surface area contributed by atoms with Crippen LogP contribution in [0.25, 0.3) is 0 Å². The fourth-order valence-electron chi connectivity index (χ4n) is 4.00. The van der Waals surface area contributed by atoms with E-state index in [4.69, 9.17) is 11.2 Å². The van der Waals surface area contributed by atoms with Gasteiger partial charge < -0.3 is 15.0 Å². The summed E-state index contributed by atoms with van der Waals surface area (Å²) >= 11 is 1.52. The van der Waals surface area contributed by atoms with E-state index in [1.54, 1.807) is 4.90 Å². The Morgan fingerprint density at radius 3 is 2.59 bits per heavy atom. The molecule has 1 aliphatic carbocycles. The van der Waals surface area contributed by atoms with Gasteiger partial charge in [0, 0.05) is 30.4 Å². The first-order chi connectivity index (χ1) is 14.1. The van der Waals surface area contributed by atoms with E-state index >= 15 is 0 Å². The molecule has 2 aromatic rings. The highest BCUT2D eigenvalue weighted by Gasteiger charge is 2.28. The number of hydrogen-bond acceptors (Lipinski definition) is 5. The smallest absolute Gasteiger partial charge is 0.410 e. The Hall–Kier alpha value is -2.85. The number of ether oxygens (including phenoxy) is 1. The average Bonchev–Trinajstić information content (AvgIpc) is 3.39. The Labute approximate surface area is 174 Å². The number of nitrogens with one attached hydrogen (secondary N) is 1. The van der Waals surface area contributed by atoms with Gasteiger partial charge in [0.2, 0.25) is 0 Å². The molecular formula is C22H23N3O3S. The van der Waals surface area contributed by atoms with Crippen LogP contribution in [0.3, 0.4) is 0 Å². The number of carbonyl (C=O) groups is 2. The summed E-state index contributed by atoms with van der Waals surface area (Å²) in [5.41, 5.74) is 3.10. The zero-order chi connectivity index (χ0) is 20.2. The molecule has 0 bridgehead atoms. The van der Waals surface area contributed by atoms with Crippen molar-refractivity contribution < 1.29 is 14.3 Å². The van der Waals surface area contributed by atoms with E-state index in [0.717, 1.165) is 30.7 Å². The normalized spacial score (nSPS) is 16.9. The summed E-state index contributed by atoms with van der Waals surface area (Å²) < 4.78 is 4.98. The standard InChI is InChI=1S/C22H23N3O3S/c1-2-11-28-22(27)25-9-7-15(8-10-25)21-24-19(14-29-21)20(26)23-18-12-16-5-3-4-6-17(16)13-18/h1,3-6,14-15,18H,7-13H2,(H,23,26). The van der Waals surface area contributed by atoms with Crippen LogP contribution in [-0.2, 0) is 17.6 Å². The molecule has 1 aliphatic heterocycles. The highest BCUT2D eigenvalue weighted by molar-refractivity contribution is 7.09. The van der Waals surface area contributed by atoms with Gasteiger partial charge in [-0.1, -0.05) is 30.2 Å². The van der Waals surface area contributed by atoms with E-state index in [0.29, 0.717) is 18.8 Å². The van der Waals surface area contributed by atoms with Crippen LogP contribution in [-0.4, -0.2) is 47.6 Å². The SMILES string of the molecule is C#CCOC(=O)N1CCC(c2nc(C(=O)NC3Cc4ccccc4C3)cs2)CC1. The Morgan fingerprint density at radius 1 is 1.24 bits per heavy atom. The minimum Gasteiger partial charge on any atom is -0.436 e. The van der Waals surface area contributed by atoms with Crippen LogP contribution >= 0.6 is 11.3 Å². The van der Waals surface area contributed by atoms with Crippen LogP contribution in [0.5, 0.6) is 0 Å². The molecule has 0 unspecified atom stereocenters. The number of thiazole rings is 1. The van der Waals surface area contributed by atoms with Gasteiger partial charge in [0.25, 0.3) is 5.91 Å². The first-order valence-electron chi connectivity index (χ1n) is 9.82. The molecule has 2 aliphatic rings. The molecule has 1 fully saturated rings. The van der Waals surface area contributed by atoms with Crippen molar-refractivity contribution in [1.29, 1.82) is 0 Å². The second-order valence-electron chi connectivity index (χ2n) is 7.44. The topological polar surface area (TPSA) is 71.5 Å². The van der Waals surface area contributed by atoms with Gasteiger partial charge in [-0.2, -0.15) is 0 Å². The summed E-state index contributed by atoms with van der Waals surface area (Å²) in [6, 6.07) is 8.45. The van der Waals surface area contributed by atoms with Gasteiger partial charge >= 0.3 is 6.09 Å². The molecule has 1 aromatic heterocycles. The van der Waals surface area contributed by atoms with E-state index in [1.807, 2.05) is 17.5 Å². The zero-order valence-corrected chi connectivity index (χ0v) is 16.9. The van der Waals surface area contributed by atoms with Crippen molar-refractivity contribution in [1.82, 2.24) is 15.2 Å². The average molecular weight is 410 g/mol. The summed E-state index contributed by atoms with van der Waals surface area (Å²) in [7, 11) is 0. The van der Waals surface area contributed by atoms with Gasteiger partial charge in [-0.15, -0.1) is 17.8 Å². The fraction of sp³-hybridized carbons (Fsp3) is 0.409. The number of likely N-dealkylation sites (tertiary alicyclic amines) is 1. The summed E-state index contributed by atoms with van der Waals surface area (Å²) in [6.45, 7) is 1.21. The molecule has 2 amide bonds. The zero-order valence-electron chi connectivity index (χ0n) is 16.1. The third kappa shape index (κ3) is 4.43. The van der Waals surface area contributed by atoms with Crippen LogP contribution < -0.4 is 5.32 Å². The van der Waals surface area contributed by atoms with Gasteiger partial charge in [-0.3, -0.25) is 4.79 Å². The lowest BCUT2D eigenvalue weighted by Crippen LogP contribution is -2.38. The van der Waals surface area contributed by atoms with Gasteiger partial charge in [0.1, 0.15) is 5.69 Å². The Morgan fingerprint density at radius 2 is 1.93 bits per heavy atom. The Balaban J connectivity index is 1.29. The van der Waals surface area contributed by atoms with Crippen LogP contribution in [0.15, 0.2) is 29.6 Å². The monoisotopic (exact) mass is 409 g/mol. The summed E-state index contributed by atoms with van der Waals surface area (Å²) in [4.78, 5) is 30.8. The second-order valence-corrected chi connectivity index (χ2v) is 8.33. The molecule has 4 rings (SSSR count). The van der Waals surface area contributed by atoms with Gasteiger partial charge in [-0.25, -0.2) is 9.78 Å². The molecule has 6 nitrogen and oxygen atoms in total. The predicted octanol–water partition coefficient (Wildman–Crippen LogP) is 2.99. The Kier molecular flexibility index (Phi) is 5.81. The van der Waals surface area contributed by atoms with Crippen molar-refractivity contribution in [2.24, 2.45) is 0 Å². The lowest BCUT2D eigenvalue weighted by atomic mass is 9.98. The van der Waals surface area contributed by atoms with Gasteiger partial charge in [0.15, 0.2) is 6.61 Å². The minimum atomic E-state index is -0.363. The Bertz CT molecular complexity index is 916. The van der Waals surface area contributed by atoms with Gasteiger partial charge in [0.05, 0.1) is 5.01 Å². The molecule has 0 atom stereocenters. The number of piperidine rings is 1. The summed E-state index contributed by atoms with van der Waals surface area (Å²) in [5, 5.41) is 5.91. The fourth-order valence-corrected chi connectivity index (χ4v) is 4.97. The minimum absolute atomic E-state index is 0.00418. The lowest BCUT2D eigenvalue weighted by molar-refractivity contribution is 0.0934. The maximum absolute atomic E-state index is 12.6. The van der Waals surface area contributed by atoms with Crippen LogP contribution in [0.4, 0.5) is 4.79 Å². The lowest BCUT2D eigenvalue weighted by Gasteiger charge is -2.30. The van der Waals surface area contributed by atoms with Crippen LogP contribution in [0, 0.1) is 12.3 Å². The first-order valence-corrected chi connectivity index (χ1v) is 10.7. The molecule has 2 heterocycles. The van der Waals surface area contributed by atoms with Crippen molar-refractivity contribution in [2.45, 2.75) is 37.6 Å². The number of carbonyl (C=O) groups excluding carboxylic acids is 2. The summed E-state index contributed by atoms with van der Waals surface area (Å²) in [5.74, 6) is 2.45. The molecule has 0 radical (unpaired) electrons. The number of terminal acetylenes is 1. The highest BCUT2D eigenvalue weighted by Crippen LogP contribution is 2.30. The van der Waals surface area contributed by atoms with Crippen molar-refractivity contribution in [3.8, 4) is 12.3 Å². The number of hydrogen-bond donors (Lipinski definition) is 1. The van der Waals surface area contributed by atoms with Crippen molar-refractivity contribution >= 4 is 23.3 Å². The van der Waals surface area contributed by atoms with Crippen molar-refractivity contribution in [2.75, 3.05) is 19.7 Å². The molecule has 0 saturated carbocycles. The molecule has 7 heteroatoms. The summed E-state index contributed by atoms with van der Waals surface area (Å²) in [6.07, 6.45) is 8.10. The molecular weight excluding hydrogens is 386 g/mol. The predicted molar refractivity (Wildman–Crippen MR) is 111 cm³/mol. The number of nitrogens with zero attached hydrogens (tertiary/aromatic N) is 2. The number of aromatic nitrogens is 1. The molecule has 0 spiro atoms. The maximum Gasteiger partial charge on any atom is 0.410 e. The van der Waals surface area contributed by atoms with E-state index in [-0.39, 0.29) is 30.6 Å². The van der Waals surface area contributed by atoms with Crippen LogP contribution in [0.2, 0.25) is 0 Å². The number of amides is 2. The van der Waals surface area contributed by atoms with E-state index < -0.39 is 0 Å². The molecule has 1 aromatic carbocycles. The second kappa shape index (κ2) is 8.66. The number of benzene rings is 1. The van der Waals surface area contributed by atoms with E-state index in [2.05, 4.69) is 28.4 Å².